The molecule has 1 aliphatic heterocycles. The maximum Gasteiger partial charge on any atom is 0.255 e. The quantitative estimate of drug-likeness (QED) is 0.200. The van der Waals surface area contributed by atoms with Crippen LogP contribution in [0, 0.1) is 0 Å². The zero-order valence-corrected chi connectivity index (χ0v) is 25.2. The molecule has 3 heterocycles. The molecule has 3 N–H and O–H groups in total. The first-order chi connectivity index (χ1) is 21.6. The van der Waals surface area contributed by atoms with E-state index in [0.717, 1.165) is 33.7 Å². The second kappa shape index (κ2) is 13.7. The van der Waals surface area contributed by atoms with E-state index in [1.807, 2.05) is 66.7 Å². The molecule has 0 radical (unpaired) electrons. The third-order valence-corrected chi connectivity index (χ3v) is 8.64. The summed E-state index contributed by atoms with van der Waals surface area (Å²) in [6, 6.07) is 23.1. The van der Waals surface area contributed by atoms with Crippen molar-refractivity contribution in [3.8, 4) is 16.2 Å². The van der Waals surface area contributed by atoms with Gasteiger partial charge in [-0.05, 0) is 22.8 Å². The molecule has 1 unspecified atom stereocenters. The fraction of sp³-hybridized carbons (Fsp3) is 0.235. The number of thiazole rings is 1. The molecule has 2 amide bonds. The number of para-hydroxylation sites is 1. The molecule has 0 saturated carbocycles. The molecule has 0 spiro atoms. The van der Waals surface area contributed by atoms with Crippen LogP contribution in [-0.2, 0) is 24.3 Å². The summed E-state index contributed by atoms with van der Waals surface area (Å²) in [5, 5.41) is 9.25. The molecule has 3 aromatic carbocycles. The lowest BCUT2D eigenvalue weighted by atomic mass is 9.96. The van der Waals surface area contributed by atoms with Crippen LogP contribution in [0.25, 0.3) is 10.4 Å². The summed E-state index contributed by atoms with van der Waals surface area (Å²) in [6.07, 6.45) is 6.77. The molecule has 0 fully saturated rings. The van der Waals surface area contributed by atoms with Gasteiger partial charge in [0, 0.05) is 57.0 Å². The maximum absolute atomic E-state index is 13.5. The van der Waals surface area contributed by atoms with E-state index in [1.54, 1.807) is 24.5 Å². The number of likely N-dealkylation sites (N-methyl/N-ethyl adjacent to an activating group) is 1. The third-order valence-electron chi connectivity index (χ3n) is 7.82. The van der Waals surface area contributed by atoms with Crippen LogP contribution in [-0.4, -0.2) is 46.0 Å². The van der Waals surface area contributed by atoms with Crippen molar-refractivity contribution in [3.05, 3.63) is 125 Å². The molecule has 0 saturated heterocycles. The summed E-state index contributed by atoms with van der Waals surface area (Å²) in [5.74, 6) is -0.0371. The highest BCUT2D eigenvalue weighted by molar-refractivity contribution is 7.13. The van der Waals surface area contributed by atoms with Crippen LogP contribution >= 0.6 is 11.3 Å². The lowest BCUT2D eigenvalue weighted by molar-refractivity contribution is -0.122. The Morgan fingerprint density at radius 1 is 1.00 bits per heavy atom. The van der Waals surface area contributed by atoms with Gasteiger partial charge in [-0.3, -0.25) is 14.6 Å². The Hall–Kier alpha value is -4.80. The number of fused-ring (bicyclic) bond motifs is 1. The number of hydrogen-bond donors (Lipinski definition) is 3. The molecule has 224 valence electrons. The normalized spacial score (nSPS) is 14.7. The van der Waals surface area contributed by atoms with Crippen molar-refractivity contribution in [3.63, 3.8) is 0 Å². The van der Waals surface area contributed by atoms with Crippen molar-refractivity contribution in [2.24, 2.45) is 0 Å². The minimum Gasteiger partial charge on any atom is -0.492 e. The van der Waals surface area contributed by atoms with Crippen LogP contribution in [0.1, 0.15) is 45.2 Å². The van der Waals surface area contributed by atoms with Crippen LogP contribution in [0.15, 0.2) is 97.0 Å². The first-order valence-electron chi connectivity index (χ1n) is 14.6. The van der Waals surface area contributed by atoms with Crippen LogP contribution in [0.4, 0.5) is 0 Å². The molecule has 5 aromatic rings. The van der Waals surface area contributed by atoms with Crippen LogP contribution in [0.5, 0.6) is 5.75 Å². The van der Waals surface area contributed by atoms with Crippen molar-refractivity contribution in [2.45, 2.75) is 38.0 Å². The Balaban J connectivity index is 1.13. The monoisotopic (exact) mass is 606 g/mol. The minimum atomic E-state index is -0.715. The first-order valence-corrected chi connectivity index (χ1v) is 15.5. The van der Waals surface area contributed by atoms with Crippen LogP contribution in [0.2, 0.25) is 0 Å². The molecule has 44 heavy (non-hydrogen) atoms. The topological polar surface area (TPSA) is 110 Å². The molecular formula is C34H34N6O3S. The Morgan fingerprint density at radius 2 is 1.84 bits per heavy atom. The van der Waals surface area contributed by atoms with Gasteiger partial charge in [0.15, 0.2) is 0 Å². The maximum atomic E-state index is 13.5. The number of imidazole rings is 1. The molecule has 6 rings (SSSR count). The zero-order valence-electron chi connectivity index (χ0n) is 24.4. The van der Waals surface area contributed by atoms with Gasteiger partial charge in [0.25, 0.3) is 5.91 Å². The van der Waals surface area contributed by atoms with Crippen LogP contribution in [0.3, 0.4) is 0 Å². The summed E-state index contributed by atoms with van der Waals surface area (Å²) in [6.45, 7) is 1.79. The lowest BCUT2D eigenvalue weighted by Gasteiger charge is -2.28. The van der Waals surface area contributed by atoms with Crippen molar-refractivity contribution >= 4 is 23.2 Å². The van der Waals surface area contributed by atoms with Gasteiger partial charge in [-0.25, -0.2) is 4.98 Å². The second-order valence-electron chi connectivity index (χ2n) is 10.7. The van der Waals surface area contributed by atoms with Gasteiger partial charge in [-0.1, -0.05) is 66.7 Å². The number of aromatic nitrogens is 3. The summed E-state index contributed by atoms with van der Waals surface area (Å²) in [5.41, 5.74) is 7.56. The molecule has 0 bridgehead atoms. The molecule has 2 aromatic heterocycles. The fourth-order valence-corrected chi connectivity index (χ4v) is 6.11. The minimum absolute atomic E-state index is 0.00686. The highest BCUT2D eigenvalue weighted by Gasteiger charge is 2.28. The molecule has 2 atom stereocenters. The van der Waals surface area contributed by atoms with E-state index >= 15 is 0 Å². The van der Waals surface area contributed by atoms with Crippen molar-refractivity contribution in [2.75, 3.05) is 13.7 Å². The highest BCUT2D eigenvalue weighted by atomic mass is 32.1. The van der Waals surface area contributed by atoms with E-state index in [-0.39, 0.29) is 17.9 Å². The number of amides is 2. The molecule has 9 nitrogen and oxygen atoms in total. The van der Waals surface area contributed by atoms with E-state index in [0.29, 0.717) is 37.4 Å². The van der Waals surface area contributed by atoms with Gasteiger partial charge in [0.1, 0.15) is 11.8 Å². The molecule has 10 heteroatoms. The SMILES string of the molecule is CNC(=O)[C@H](Cc1ccccc1)NC(=O)c1cccc2c1OCCC2NCc1cncn1Cc1ccc(-c2cncs2)cc1. The Morgan fingerprint density at radius 3 is 2.61 bits per heavy atom. The van der Waals surface area contributed by atoms with Gasteiger partial charge >= 0.3 is 0 Å². The first kappa shape index (κ1) is 29.3. The van der Waals surface area contributed by atoms with Gasteiger partial charge < -0.3 is 25.3 Å². The summed E-state index contributed by atoms with van der Waals surface area (Å²) in [7, 11) is 1.57. The van der Waals surface area contributed by atoms with Gasteiger partial charge in [0.2, 0.25) is 5.91 Å². The van der Waals surface area contributed by atoms with Crippen molar-refractivity contribution < 1.29 is 14.3 Å². The second-order valence-corrected chi connectivity index (χ2v) is 11.6. The number of rotatable bonds is 11. The number of nitrogens with one attached hydrogen (secondary N) is 3. The number of carbonyl (C=O) groups excluding carboxylic acids is 2. The molecule has 0 aliphatic carbocycles. The Bertz CT molecular complexity index is 1700. The van der Waals surface area contributed by atoms with E-state index in [2.05, 4.69) is 54.8 Å². The van der Waals surface area contributed by atoms with E-state index < -0.39 is 6.04 Å². The van der Waals surface area contributed by atoms with E-state index in [9.17, 15) is 9.59 Å². The molecular weight excluding hydrogens is 572 g/mol. The summed E-state index contributed by atoms with van der Waals surface area (Å²) < 4.78 is 8.19. The number of benzene rings is 3. The number of nitrogens with zero attached hydrogens (tertiary/aromatic N) is 3. The summed E-state index contributed by atoms with van der Waals surface area (Å²) in [4.78, 5) is 35.9. The predicted octanol–water partition coefficient (Wildman–Crippen LogP) is 4.76. The Kier molecular flexibility index (Phi) is 9.09. The van der Waals surface area contributed by atoms with Crippen molar-refractivity contribution in [1.29, 1.82) is 0 Å². The predicted molar refractivity (Wildman–Crippen MR) is 170 cm³/mol. The van der Waals surface area contributed by atoms with Crippen molar-refractivity contribution in [1.82, 2.24) is 30.5 Å². The number of carbonyl (C=O) groups is 2. The number of hydrogen-bond acceptors (Lipinski definition) is 7. The van der Waals surface area contributed by atoms with Crippen LogP contribution < -0.4 is 20.7 Å². The summed E-state index contributed by atoms with van der Waals surface area (Å²) >= 11 is 1.63. The highest BCUT2D eigenvalue weighted by Crippen LogP contribution is 2.35. The number of ether oxygens (including phenoxy) is 1. The average molecular weight is 607 g/mol. The smallest absolute Gasteiger partial charge is 0.255 e. The zero-order chi connectivity index (χ0) is 30.3. The van der Waals surface area contributed by atoms with Gasteiger partial charge in [0.05, 0.1) is 34.6 Å². The average Bonchev–Trinajstić information content (AvgIpc) is 3.76. The standard InChI is InChI=1S/C34H34N6O3S/c1-35-34(42)30(16-23-6-3-2-4-7-23)39-33(41)28-9-5-8-27-29(14-15-43-32(27)28)38-18-26-17-36-21-40(26)20-24-10-12-25(13-11-24)31-19-37-22-44-31/h2-13,17,19,21-22,29-30,38H,14-16,18,20H2,1H3,(H,35,42)(H,39,41)/t29?,30-/m0/s1. The van der Waals surface area contributed by atoms with E-state index in [1.165, 1.54) is 5.56 Å². The lowest BCUT2D eigenvalue weighted by Crippen LogP contribution is -2.47. The van der Waals surface area contributed by atoms with E-state index in [4.69, 9.17) is 4.74 Å². The largest absolute Gasteiger partial charge is 0.492 e. The third kappa shape index (κ3) is 6.72. The van der Waals surface area contributed by atoms with Gasteiger partial charge in [-0.15, -0.1) is 11.3 Å². The fourth-order valence-electron chi connectivity index (χ4n) is 5.48. The van der Waals surface area contributed by atoms with Gasteiger partial charge in [-0.2, -0.15) is 0 Å². The molecule has 1 aliphatic rings. The Labute approximate surface area is 260 Å².